The molecule has 0 aliphatic rings. The molecule has 2 N–H and O–H groups in total. The van der Waals surface area contributed by atoms with E-state index in [0.717, 1.165) is 9.26 Å². The molecule has 0 aliphatic heterocycles. The van der Waals surface area contributed by atoms with Gasteiger partial charge in [-0.3, -0.25) is 4.84 Å². The minimum absolute atomic E-state index is 0.0355. The number of amides is 2. The van der Waals surface area contributed by atoms with Gasteiger partial charge in [0.05, 0.1) is 6.10 Å². The lowest BCUT2D eigenvalue weighted by molar-refractivity contribution is 0.0199. The number of urea groups is 1. The quantitative estimate of drug-likeness (QED) is 0.665. The van der Waals surface area contributed by atoms with E-state index in [-0.39, 0.29) is 12.1 Å². The topological polar surface area (TPSA) is 50.4 Å². The van der Waals surface area contributed by atoms with E-state index >= 15 is 0 Å². The van der Waals surface area contributed by atoms with Crippen LogP contribution in [0, 0.1) is 3.57 Å². The molecule has 1 aromatic carbocycles. The Kier molecular flexibility index (Phi) is 4.83. The van der Waals surface area contributed by atoms with Crippen LogP contribution in [0.2, 0.25) is 0 Å². The fourth-order valence-electron chi connectivity index (χ4n) is 0.894. The largest absolute Gasteiger partial charge is 0.343 e. The fraction of sp³-hybridized carbons (Fsp3) is 0.300. The Labute approximate surface area is 102 Å². The maximum Gasteiger partial charge on any atom is 0.343 e. The summed E-state index contributed by atoms with van der Waals surface area (Å²) in [6.45, 7) is 3.68. The van der Waals surface area contributed by atoms with Gasteiger partial charge in [-0.2, -0.15) is 0 Å². The third kappa shape index (κ3) is 4.98. The van der Waals surface area contributed by atoms with Crippen molar-refractivity contribution in [3.63, 3.8) is 0 Å². The summed E-state index contributed by atoms with van der Waals surface area (Å²) in [6, 6.07) is 7.15. The molecular formula is C10H13IN2O2. The van der Waals surface area contributed by atoms with Gasteiger partial charge in [0.25, 0.3) is 0 Å². The molecule has 0 aliphatic carbocycles. The molecule has 0 aromatic heterocycles. The smallest absolute Gasteiger partial charge is 0.306 e. The van der Waals surface area contributed by atoms with E-state index < -0.39 is 0 Å². The predicted octanol–water partition coefficient (Wildman–Crippen LogP) is 2.75. The van der Waals surface area contributed by atoms with Crippen LogP contribution >= 0.6 is 22.6 Å². The summed E-state index contributed by atoms with van der Waals surface area (Å²) in [5.41, 5.74) is 3.04. The maximum absolute atomic E-state index is 11.3. The first-order chi connectivity index (χ1) is 7.08. The van der Waals surface area contributed by atoms with Gasteiger partial charge in [0.2, 0.25) is 0 Å². The standard InChI is InChI=1S/C10H13IN2O2/c1-7(2)15-13-10(14)12-9-5-3-4-8(11)6-9/h3-7H,1-2H3,(H2,12,13,14). The predicted molar refractivity (Wildman–Crippen MR) is 67.5 cm³/mol. The third-order valence-corrected chi connectivity index (χ3v) is 2.14. The van der Waals surface area contributed by atoms with Crippen LogP contribution in [0.3, 0.4) is 0 Å². The van der Waals surface area contributed by atoms with Crippen molar-refractivity contribution in [1.29, 1.82) is 0 Å². The number of hydrogen-bond donors (Lipinski definition) is 2. The van der Waals surface area contributed by atoms with E-state index in [0.29, 0.717) is 0 Å². The van der Waals surface area contributed by atoms with Crippen LogP contribution < -0.4 is 10.8 Å². The van der Waals surface area contributed by atoms with Crippen molar-refractivity contribution in [1.82, 2.24) is 5.48 Å². The first-order valence-corrected chi connectivity index (χ1v) is 5.64. The maximum atomic E-state index is 11.3. The molecule has 15 heavy (non-hydrogen) atoms. The van der Waals surface area contributed by atoms with Crippen LogP contribution in [-0.4, -0.2) is 12.1 Å². The fourth-order valence-corrected chi connectivity index (χ4v) is 1.44. The van der Waals surface area contributed by atoms with Gasteiger partial charge >= 0.3 is 6.03 Å². The zero-order valence-electron chi connectivity index (χ0n) is 8.58. The molecule has 0 saturated carbocycles. The van der Waals surface area contributed by atoms with E-state index in [1.165, 1.54) is 0 Å². The minimum atomic E-state index is -0.370. The van der Waals surface area contributed by atoms with Crippen molar-refractivity contribution >= 4 is 34.3 Å². The Balaban J connectivity index is 2.44. The summed E-state index contributed by atoms with van der Waals surface area (Å²) in [6.07, 6.45) is -0.0355. The minimum Gasteiger partial charge on any atom is -0.306 e. The zero-order valence-corrected chi connectivity index (χ0v) is 10.7. The van der Waals surface area contributed by atoms with Crippen LogP contribution in [-0.2, 0) is 4.84 Å². The molecule has 2 amide bonds. The lowest BCUT2D eigenvalue weighted by Gasteiger charge is -2.09. The van der Waals surface area contributed by atoms with Gasteiger partial charge in [-0.25, -0.2) is 10.3 Å². The molecule has 0 fully saturated rings. The van der Waals surface area contributed by atoms with E-state index in [1.54, 1.807) is 0 Å². The third-order valence-electron chi connectivity index (χ3n) is 1.47. The van der Waals surface area contributed by atoms with Gasteiger partial charge in [0.1, 0.15) is 0 Å². The van der Waals surface area contributed by atoms with Crippen LogP contribution in [0.4, 0.5) is 10.5 Å². The van der Waals surface area contributed by atoms with Crippen molar-refractivity contribution in [2.45, 2.75) is 20.0 Å². The first kappa shape index (κ1) is 12.3. The van der Waals surface area contributed by atoms with Crippen molar-refractivity contribution < 1.29 is 9.63 Å². The van der Waals surface area contributed by atoms with Gasteiger partial charge in [0.15, 0.2) is 0 Å². The Morgan fingerprint density at radius 3 is 2.80 bits per heavy atom. The van der Waals surface area contributed by atoms with Crippen molar-refractivity contribution in [3.8, 4) is 0 Å². The lowest BCUT2D eigenvalue weighted by Crippen LogP contribution is -2.31. The van der Waals surface area contributed by atoms with E-state index in [9.17, 15) is 4.79 Å². The van der Waals surface area contributed by atoms with Gasteiger partial charge in [0, 0.05) is 9.26 Å². The highest BCUT2D eigenvalue weighted by molar-refractivity contribution is 14.1. The highest BCUT2D eigenvalue weighted by Gasteiger charge is 2.02. The number of nitrogens with one attached hydrogen (secondary N) is 2. The number of hydroxylamine groups is 1. The second kappa shape index (κ2) is 5.92. The van der Waals surface area contributed by atoms with Crippen molar-refractivity contribution in [3.05, 3.63) is 27.8 Å². The molecule has 5 heteroatoms. The summed E-state index contributed by atoms with van der Waals surface area (Å²) in [4.78, 5) is 16.2. The molecule has 0 heterocycles. The zero-order chi connectivity index (χ0) is 11.3. The Hall–Kier alpha value is -0.820. The van der Waals surface area contributed by atoms with Crippen molar-refractivity contribution in [2.24, 2.45) is 0 Å². The summed E-state index contributed by atoms with van der Waals surface area (Å²) in [5.74, 6) is 0. The molecule has 0 bridgehead atoms. The van der Waals surface area contributed by atoms with Crippen LogP contribution in [0.25, 0.3) is 0 Å². The average molecular weight is 320 g/mol. The highest BCUT2D eigenvalue weighted by Crippen LogP contribution is 2.11. The summed E-state index contributed by atoms with van der Waals surface area (Å²) >= 11 is 2.18. The highest BCUT2D eigenvalue weighted by atomic mass is 127. The molecule has 82 valence electrons. The average Bonchev–Trinajstić information content (AvgIpc) is 2.15. The number of carbonyl (C=O) groups excluding carboxylic acids is 1. The number of rotatable bonds is 3. The second-order valence-electron chi connectivity index (χ2n) is 3.23. The van der Waals surface area contributed by atoms with Gasteiger partial charge in [-0.1, -0.05) is 6.07 Å². The number of carbonyl (C=O) groups is 1. The van der Waals surface area contributed by atoms with E-state index in [1.807, 2.05) is 38.1 Å². The number of benzene rings is 1. The molecule has 4 nitrogen and oxygen atoms in total. The molecule has 1 aromatic rings. The van der Waals surface area contributed by atoms with Crippen LogP contribution in [0.15, 0.2) is 24.3 Å². The Morgan fingerprint density at radius 1 is 1.47 bits per heavy atom. The van der Waals surface area contributed by atoms with Crippen LogP contribution in [0.5, 0.6) is 0 Å². The molecule has 0 spiro atoms. The lowest BCUT2D eigenvalue weighted by atomic mass is 10.3. The molecule has 0 unspecified atom stereocenters. The first-order valence-electron chi connectivity index (χ1n) is 4.56. The van der Waals surface area contributed by atoms with E-state index in [2.05, 4.69) is 33.4 Å². The Bertz CT molecular complexity index is 342. The van der Waals surface area contributed by atoms with Gasteiger partial charge in [-0.05, 0) is 54.6 Å². The van der Waals surface area contributed by atoms with Gasteiger partial charge in [-0.15, -0.1) is 0 Å². The molecule has 0 radical (unpaired) electrons. The van der Waals surface area contributed by atoms with Crippen LogP contribution in [0.1, 0.15) is 13.8 Å². The van der Waals surface area contributed by atoms with Gasteiger partial charge < -0.3 is 5.32 Å². The molecule has 0 atom stereocenters. The second-order valence-corrected chi connectivity index (χ2v) is 4.48. The molecule has 1 rings (SSSR count). The number of anilines is 1. The monoisotopic (exact) mass is 320 g/mol. The van der Waals surface area contributed by atoms with Crippen molar-refractivity contribution in [2.75, 3.05) is 5.32 Å². The number of hydrogen-bond acceptors (Lipinski definition) is 2. The Morgan fingerprint density at radius 2 is 2.20 bits per heavy atom. The SMILES string of the molecule is CC(C)ONC(=O)Nc1cccc(I)c1. The molecule has 0 saturated heterocycles. The summed E-state index contributed by atoms with van der Waals surface area (Å²) < 4.78 is 1.06. The normalized spacial score (nSPS) is 10.1. The summed E-state index contributed by atoms with van der Waals surface area (Å²) in [7, 11) is 0. The van der Waals surface area contributed by atoms with E-state index in [4.69, 9.17) is 4.84 Å². The number of halogens is 1. The molecular weight excluding hydrogens is 307 g/mol. The summed E-state index contributed by atoms with van der Waals surface area (Å²) in [5, 5.41) is 2.66.